The second-order valence-electron chi connectivity index (χ2n) is 8.25. The van der Waals surface area contributed by atoms with Crippen molar-refractivity contribution in [3.63, 3.8) is 0 Å². The first-order valence-electron chi connectivity index (χ1n) is 11.2. The summed E-state index contributed by atoms with van der Waals surface area (Å²) in [5.74, 6) is 0.354. The van der Waals surface area contributed by atoms with Gasteiger partial charge in [-0.05, 0) is 86.3 Å². The third-order valence-electron chi connectivity index (χ3n) is 5.89. The Labute approximate surface area is 199 Å². The van der Waals surface area contributed by atoms with E-state index >= 15 is 0 Å². The van der Waals surface area contributed by atoms with Crippen molar-refractivity contribution in [1.29, 1.82) is 0 Å². The molecule has 1 aliphatic heterocycles. The molecule has 1 aliphatic rings. The van der Waals surface area contributed by atoms with Crippen molar-refractivity contribution in [2.75, 3.05) is 23.9 Å². The van der Waals surface area contributed by atoms with Crippen molar-refractivity contribution in [1.82, 2.24) is 0 Å². The Kier molecular flexibility index (Phi) is 6.41. The number of benzene rings is 3. The molecule has 0 bridgehead atoms. The van der Waals surface area contributed by atoms with E-state index in [0.29, 0.717) is 34.9 Å². The van der Waals surface area contributed by atoms with Crippen molar-refractivity contribution in [3.8, 4) is 11.5 Å². The van der Waals surface area contributed by atoms with Crippen LogP contribution in [0.5, 0.6) is 11.5 Å². The predicted octanol–water partition coefficient (Wildman–Crippen LogP) is 5.42. The lowest BCUT2D eigenvalue weighted by Gasteiger charge is -2.19. The van der Waals surface area contributed by atoms with Gasteiger partial charge in [0.2, 0.25) is 0 Å². The number of rotatable bonds is 7. The number of carbonyl (C=O) groups is 2. The highest BCUT2D eigenvalue weighted by Crippen LogP contribution is 2.38. The van der Waals surface area contributed by atoms with E-state index in [0.717, 1.165) is 22.4 Å². The standard InChI is InChI=1S/C28H28N2O4/c1-6-34-22-12-10-21(11-13-22)29-26-25(20-9-8-18(3)19(4)16-20)27(31)30(28(26)32)23-15-17(2)7-14-24(23)33-5/h7-16,29H,6H2,1-5H3. The van der Waals surface area contributed by atoms with Crippen LogP contribution in [0.3, 0.4) is 0 Å². The number of ether oxygens (including phenoxy) is 2. The van der Waals surface area contributed by atoms with Crippen molar-refractivity contribution < 1.29 is 19.1 Å². The normalized spacial score (nSPS) is 13.5. The second-order valence-corrected chi connectivity index (χ2v) is 8.25. The minimum absolute atomic E-state index is 0.223. The molecule has 0 unspecified atom stereocenters. The summed E-state index contributed by atoms with van der Waals surface area (Å²) in [5.41, 5.74) is 5.39. The lowest BCUT2D eigenvalue weighted by molar-refractivity contribution is -0.120. The zero-order valence-electron chi connectivity index (χ0n) is 20.1. The number of methoxy groups -OCH3 is 1. The fourth-order valence-corrected chi connectivity index (χ4v) is 3.95. The maximum atomic E-state index is 13.8. The van der Waals surface area contributed by atoms with E-state index in [4.69, 9.17) is 9.47 Å². The SMILES string of the molecule is CCOc1ccc(NC2=C(c3ccc(C)c(C)c3)C(=O)N(c3cc(C)ccc3OC)C2=O)cc1. The monoisotopic (exact) mass is 456 g/mol. The Morgan fingerprint density at radius 3 is 2.24 bits per heavy atom. The van der Waals surface area contributed by atoms with E-state index in [-0.39, 0.29) is 5.70 Å². The van der Waals surface area contributed by atoms with Gasteiger partial charge >= 0.3 is 0 Å². The van der Waals surface area contributed by atoms with E-state index < -0.39 is 11.8 Å². The van der Waals surface area contributed by atoms with Crippen molar-refractivity contribution in [3.05, 3.63) is 88.6 Å². The third kappa shape index (κ3) is 4.27. The molecule has 3 aromatic rings. The van der Waals surface area contributed by atoms with Crippen LogP contribution in [-0.2, 0) is 9.59 Å². The Balaban J connectivity index is 1.82. The number of carbonyl (C=O) groups excluding carboxylic acids is 2. The molecule has 1 N–H and O–H groups in total. The molecule has 0 spiro atoms. The Morgan fingerprint density at radius 1 is 0.853 bits per heavy atom. The average molecular weight is 457 g/mol. The van der Waals surface area contributed by atoms with E-state index in [1.807, 2.05) is 76.2 Å². The molecule has 3 aromatic carbocycles. The smallest absolute Gasteiger partial charge is 0.282 e. The number of nitrogens with one attached hydrogen (secondary N) is 1. The maximum absolute atomic E-state index is 13.8. The molecule has 0 saturated heterocycles. The van der Waals surface area contributed by atoms with Gasteiger partial charge in [0.05, 0.1) is 25.0 Å². The molecule has 0 saturated carbocycles. The fourth-order valence-electron chi connectivity index (χ4n) is 3.95. The van der Waals surface area contributed by atoms with Gasteiger partial charge < -0.3 is 14.8 Å². The number of hydrogen-bond acceptors (Lipinski definition) is 5. The molecule has 0 fully saturated rings. The molecule has 34 heavy (non-hydrogen) atoms. The van der Waals surface area contributed by atoms with Crippen LogP contribution in [0.2, 0.25) is 0 Å². The van der Waals surface area contributed by atoms with Crippen LogP contribution in [0.25, 0.3) is 5.57 Å². The van der Waals surface area contributed by atoms with E-state index in [1.165, 1.54) is 12.0 Å². The molecule has 0 atom stereocenters. The summed E-state index contributed by atoms with van der Waals surface area (Å²) < 4.78 is 11.0. The van der Waals surface area contributed by atoms with Crippen LogP contribution in [0.4, 0.5) is 11.4 Å². The number of anilines is 2. The van der Waals surface area contributed by atoms with Gasteiger partial charge in [0.1, 0.15) is 17.2 Å². The molecular weight excluding hydrogens is 428 g/mol. The predicted molar refractivity (Wildman–Crippen MR) is 134 cm³/mol. The van der Waals surface area contributed by atoms with Gasteiger partial charge in [-0.25, -0.2) is 4.90 Å². The zero-order valence-corrected chi connectivity index (χ0v) is 20.1. The van der Waals surface area contributed by atoms with Gasteiger partial charge in [-0.15, -0.1) is 0 Å². The van der Waals surface area contributed by atoms with Gasteiger partial charge in [-0.1, -0.05) is 24.3 Å². The lowest BCUT2D eigenvalue weighted by atomic mass is 9.99. The van der Waals surface area contributed by atoms with Crippen LogP contribution in [0, 0.1) is 20.8 Å². The molecule has 0 aliphatic carbocycles. The minimum atomic E-state index is -0.434. The van der Waals surface area contributed by atoms with Gasteiger partial charge in [0.25, 0.3) is 11.8 Å². The zero-order chi connectivity index (χ0) is 24.4. The third-order valence-corrected chi connectivity index (χ3v) is 5.89. The first-order chi connectivity index (χ1) is 16.3. The second kappa shape index (κ2) is 9.43. The van der Waals surface area contributed by atoms with Crippen LogP contribution in [0.15, 0.2) is 66.4 Å². The van der Waals surface area contributed by atoms with Gasteiger partial charge in [0, 0.05) is 5.69 Å². The summed E-state index contributed by atoms with van der Waals surface area (Å²) in [4.78, 5) is 28.7. The summed E-state index contributed by atoms with van der Waals surface area (Å²) in [6, 6.07) is 18.5. The van der Waals surface area contributed by atoms with Gasteiger partial charge in [-0.2, -0.15) is 0 Å². The van der Waals surface area contributed by atoms with Crippen LogP contribution < -0.4 is 19.7 Å². The maximum Gasteiger partial charge on any atom is 0.282 e. The number of amides is 2. The van der Waals surface area contributed by atoms with Crippen molar-refractivity contribution in [2.45, 2.75) is 27.7 Å². The Bertz CT molecular complexity index is 1290. The molecule has 6 nitrogen and oxygen atoms in total. The number of imide groups is 1. The largest absolute Gasteiger partial charge is 0.495 e. The average Bonchev–Trinajstić information content (AvgIpc) is 3.06. The fraction of sp³-hybridized carbons (Fsp3) is 0.214. The highest BCUT2D eigenvalue weighted by molar-refractivity contribution is 6.46. The number of hydrogen-bond donors (Lipinski definition) is 1. The summed E-state index contributed by atoms with van der Waals surface area (Å²) >= 11 is 0. The quantitative estimate of drug-likeness (QED) is 0.481. The summed E-state index contributed by atoms with van der Waals surface area (Å²) in [7, 11) is 1.52. The van der Waals surface area contributed by atoms with Crippen LogP contribution in [0.1, 0.15) is 29.2 Å². The minimum Gasteiger partial charge on any atom is -0.495 e. The van der Waals surface area contributed by atoms with E-state index in [9.17, 15) is 9.59 Å². The highest BCUT2D eigenvalue weighted by atomic mass is 16.5. The topological polar surface area (TPSA) is 67.9 Å². The molecule has 0 aromatic heterocycles. The molecule has 0 radical (unpaired) electrons. The molecule has 6 heteroatoms. The molecule has 2 amide bonds. The Morgan fingerprint density at radius 2 is 1.59 bits per heavy atom. The van der Waals surface area contributed by atoms with Crippen LogP contribution >= 0.6 is 0 Å². The number of aryl methyl sites for hydroxylation is 3. The Hall–Kier alpha value is -4.06. The van der Waals surface area contributed by atoms with Gasteiger partial charge in [0.15, 0.2) is 0 Å². The molecule has 174 valence electrons. The molecule has 4 rings (SSSR count). The van der Waals surface area contributed by atoms with Crippen LogP contribution in [-0.4, -0.2) is 25.5 Å². The summed E-state index contributed by atoms with van der Waals surface area (Å²) in [5, 5.41) is 3.20. The number of nitrogens with zero attached hydrogens (tertiary/aromatic N) is 1. The highest BCUT2D eigenvalue weighted by Gasteiger charge is 2.41. The summed E-state index contributed by atoms with van der Waals surface area (Å²) in [6.07, 6.45) is 0. The first kappa shape index (κ1) is 23.1. The first-order valence-corrected chi connectivity index (χ1v) is 11.2. The van der Waals surface area contributed by atoms with Crippen molar-refractivity contribution >= 4 is 28.8 Å². The molecular formula is C28H28N2O4. The van der Waals surface area contributed by atoms with E-state index in [2.05, 4.69) is 5.32 Å². The summed E-state index contributed by atoms with van der Waals surface area (Å²) in [6.45, 7) is 8.39. The van der Waals surface area contributed by atoms with E-state index in [1.54, 1.807) is 12.1 Å². The van der Waals surface area contributed by atoms with Gasteiger partial charge in [-0.3, -0.25) is 9.59 Å². The lowest BCUT2D eigenvalue weighted by Crippen LogP contribution is -2.32. The van der Waals surface area contributed by atoms with Crippen molar-refractivity contribution in [2.24, 2.45) is 0 Å². The molecule has 1 heterocycles.